The molecule has 0 saturated heterocycles. The molecule has 0 spiro atoms. The maximum atomic E-state index is 13.6. The number of imidazole rings is 1. The average molecular weight is 652 g/mol. The first-order valence-electron chi connectivity index (χ1n) is 15.7. The van der Waals surface area contributed by atoms with Crippen molar-refractivity contribution in [3.63, 3.8) is 0 Å². The van der Waals surface area contributed by atoms with E-state index in [-0.39, 0.29) is 31.1 Å². The van der Waals surface area contributed by atoms with Gasteiger partial charge in [-0.3, -0.25) is 24.0 Å². The number of unbranched alkanes of at least 4 members (excludes halogenated alkanes) is 1. The molecule has 5 amide bonds. The molecule has 260 valence electrons. The van der Waals surface area contributed by atoms with E-state index in [1.807, 2.05) is 27.7 Å². The number of aromatic amines is 1. The van der Waals surface area contributed by atoms with E-state index in [1.165, 1.54) is 26.4 Å². The van der Waals surface area contributed by atoms with Crippen LogP contribution in [0, 0.1) is 11.8 Å². The molecule has 1 aromatic heterocycles. The van der Waals surface area contributed by atoms with Crippen molar-refractivity contribution in [1.82, 2.24) is 36.6 Å². The molecule has 0 bridgehead atoms. The molecule has 6 atom stereocenters. The van der Waals surface area contributed by atoms with Crippen LogP contribution >= 0.6 is 0 Å². The predicted octanol–water partition coefficient (Wildman–Crippen LogP) is -0.951. The summed E-state index contributed by atoms with van der Waals surface area (Å²) in [7, 11) is 0. The van der Waals surface area contributed by atoms with Crippen molar-refractivity contribution >= 4 is 35.5 Å². The number of aromatic nitrogens is 2. The van der Waals surface area contributed by atoms with Crippen LogP contribution in [0.3, 0.4) is 0 Å². The lowest BCUT2D eigenvalue weighted by molar-refractivity contribution is -0.142. The number of nitrogens with two attached hydrogens (primary N) is 2. The summed E-state index contributed by atoms with van der Waals surface area (Å²) in [6.45, 7) is 10.7. The predicted molar refractivity (Wildman–Crippen MR) is 171 cm³/mol. The topological polar surface area (TPSA) is 264 Å². The van der Waals surface area contributed by atoms with E-state index in [9.17, 15) is 33.9 Å². The van der Waals surface area contributed by atoms with Crippen LogP contribution < -0.4 is 38.1 Å². The molecule has 46 heavy (non-hydrogen) atoms. The minimum atomic E-state index is -1.19. The second kappa shape index (κ2) is 20.2. The fourth-order valence-corrected chi connectivity index (χ4v) is 4.53. The molecule has 1 rings (SSSR count). The zero-order valence-electron chi connectivity index (χ0n) is 27.7. The molecule has 0 fully saturated rings. The lowest BCUT2D eigenvalue weighted by Gasteiger charge is -2.26. The van der Waals surface area contributed by atoms with Crippen LogP contribution in [0.5, 0.6) is 0 Å². The summed E-state index contributed by atoms with van der Waals surface area (Å²) in [5, 5.41) is 22.3. The lowest BCUT2D eigenvalue weighted by atomic mass is 10.0. The van der Waals surface area contributed by atoms with E-state index in [0.29, 0.717) is 31.5 Å². The number of carboxylic acid groups (broad SMARTS) is 1. The minimum absolute atomic E-state index is 0.00495. The van der Waals surface area contributed by atoms with Gasteiger partial charge in [0.05, 0.1) is 12.4 Å². The minimum Gasteiger partial charge on any atom is -0.480 e. The second-order valence-corrected chi connectivity index (χ2v) is 12.4. The number of carbonyl (C=O) groups excluding carboxylic acids is 5. The third-order valence-electron chi connectivity index (χ3n) is 7.08. The van der Waals surface area contributed by atoms with E-state index < -0.39 is 71.8 Å². The number of H-pyrrole nitrogens is 1. The molecule has 0 unspecified atom stereocenters. The van der Waals surface area contributed by atoms with Crippen LogP contribution in [0.25, 0.3) is 0 Å². The molecule has 1 aromatic rings. The number of nitrogens with zero attached hydrogens (tertiary/aromatic N) is 1. The standard InChI is InChI=1S/C30H53N9O7/c1-16(2)11-21(32)27(42)35-18(5)25(40)38-23(13-20-14-33-15-34-20)29(44)37-22(9-7-8-10-31)28(43)36-19(6)26(41)39-24(30(45)46)12-17(3)4/h14-19,21-24H,7-13,31-32H2,1-6H3,(H,33,34)(H,35,42)(H,36,43)(H,37,44)(H,38,40)(H,39,41)(H,45,46)/t18-,19-,21-,22-,23-,24-/m0/s1. The SMILES string of the molecule is CC(C)C[C@H](NC(=O)[C@H](C)NC(=O)[C@H](CCCCN)NC(=O)[C@H](Cc1cnc[nH]1)NC(=O)[C@H](C)NC(=O)[C@@H](N)CC(C)C)C(=O)O. The number of carbonyl (C=O) groups is 6. The first-order chi connectivity index (χ1) is 21.5. The van der Waals surface area contributed by atoms with Gasteiger partial charge in [0.15, 0.2) is 0 Å². The number of carboxylic acids is 1. The van der Waals surface area contributed by atoms with Gasteiger partial charge in [0.1, 0.15) is 30.2 Å². The fraction of sp³-hybridized carbons (Fsp3) is 0.700. The summed E-state index contributed by atoms with van der Waals surface area (Å²) in [5.74, 6) is -4.21. The Kier molecular flexibility index (Phi) is 17.5. The van der Waals surface area contributed by atoms with Gasteiger partial charge in [0.25, 0.3) is 0 Å². The number of aliphatic carboxylic acids is 1. The molecular formula is C30H53N9O7. The van der Waals surface area contributed by atoms with Crippen molar-refractivity contribution in [2.75, 3.05) is 6.54 Å². The van der Waals surface area contributed by atoms with Crippen molar-refractivity contribution in [3.8, 4) is 0 Å². The van der Waals surface area contributed by atoms with Gasteiger partial charge < -0.3 is 48.1 Å². The van der Waals surface area contributed by atoms with E-state index in [1.54, 1.807) is 0 Å². The van der Waals surface area contributed by atoms with Crippen molar-refractivity contribution in [2.24, 2.45) is 23.3 Å². The highest BCUT2D eigenvalue weighted by Crippen LogP contribution is 2.08. The van der Waals surface area contributed by atoms with E-state index in [4.69, 9.17) is 11.5 Å². The largest absolute Gasteiger partial charge is 0.480 e. The highest BCUT2D eigenvalue weighted by molar-refractivity contribution is 5.96. The smallest absolute Gasteiger partial charge is 0.326 e. The van der Waals surface area contributed by atoms with Gasteiger partial charge >= 0.3 is 5.97 Å². The van der Waals surface area contributed by atoms with Crippen LogP contribution in [0.15, 0.2) is 12.5 Å². The first kappa shape index (κ1) is 40.0. The summed E-state index contributed by atoms with van der Waals surface area (Å²) < 4.78 is 0. The van der Waals surface area contributed by atoms with Crippen molar-refractivity contribution in [2.45, 2.75) is 116 Å². The summed E-state index contributed by atoms with van der Waals surface area (Å²) in [5.41, 5.74) is 12.1. The highest BCUT2D eigenvalue weighted by atomic mass is 16.4. The summed E-state index contributed by atoms with van der Waals surface area (Å²) in [6, 6.07) is -6.33. The van der Waals surface area contributed by atoms with Gasteiger partial charge in [0, 0.05) is 18.3 Å². The molecular weight excluding hydrogens is 598 g/mol. The highest BCUT2D eigenvalue weighted by Gasteiger charge is 2.31. The van der Waals surface area contributed by atoms with E-state index in [2.05, 4.69) is 36.6 Å². The van der Waals surface area contributed by atoms with Crippen LogP contribution in [0.4, 0.5) is 0 Å². The third-order valence-corrected chi connectivity index (χ3v) is 7.08. The van der Waals surface area contributed by atoms with E-state index in [0.717, 1.165) is 0 Å². The third kappa shape index (κ3) is 14.8. The van der Waals surface area contributed by atoms with Crippen LogP contribution in [0.2, 0.25) is 0 Å². The van der Waals surface area contributed by atoms with Crippen molar-refractivity contribution in [3.05, 3.63) is 18.2 Å². The summed E-state index contributed by atoms with van der Waals surface area (Å²) in [4.78, 5) is 83.5. The Morgan fingerprint density at radius 1 is 0.739 bits per heavy atom. The molecule has 16 heteroatoms. The molecule has 0 aliphatic carbocycles. The first-order valence-corrected chi connectivity index (χ1v) is 15.7. The van der Waals surface area contributed by atoms with Gasteiger partial charge in [-0.05, 0) is 64.3 Å². The number of hydrogen-bond donors (Lipinski definition) is 9. The normalized spacial score (nSPS) is 15.2. The Bertz CT molecular complexity index is 1140. The van der Waals surface area contributed by atoms with Gasteiger partial charge in [-0.2, -0.15) is 0 Å². The Labute approximate surface area is 270 Å². The zero-order chi connectivity index (χ0) is 35.0. The second-order valence-electron chi connectivity index (χ2n) is 12.4. The maximum absolute atomic E-state index is 13.6. The maximum Gasteiger partial charge on any atom is 0.326 e. The fourth-order valence-electron chi connectivity index (χ4n) is 4.53. The summed E-state index contributed by atoms with van der Waals surface area (Å²) >= 11 is 0. The van der Waals surface area contributed by atoms with Crippen LogP contribution in [0.1, 0.15) is 79.3 Å². The molecule has 0 aromatic carbocycles. The molecule has 0 aliphatic rings. The van der Waals surface area contributed by atoms with Gasteiger partial charge in [-0.15, -0.1) is 0 Å². The molecule has 0 saturated carbocycles. The Morgan fingerprint density at radius 3 is 1.76 bits per heavy atom. The monoisotopic (exact) mass is 651 g/mol. The van der Waals surface area contributed by atoms with Gasteiger partial charge in [0.2, 0.25) is 29.5 Å². The number of amides is 5. The van der Waals surface area contributed by atoms with Crippen LogP contribution in [-0.2, 0) is 35.2 Å². The molecule has 11 N–H and O–H groups in total. The molecule has 16 nitrogen and oxygen atoms in total. The van der Waals surface area contributed by atoms with Crippen molar-refractivity contribution < 1.29 is 33.9 Å². The molecule has 0 radical (unpaired) electrons. The average Bonchev–Trinajstić information content (AvgIpc) is 3.48. The Morgan fingerprint density at radius 2 is 1.26 bits per heavy atom. The number of nitrogens with one attached hydrogen (secondary N) is 6. The van der Waals surface area contributed by atoms with E-state index >= 15 is 0 Å². The summed E-state index contributed by atoms with van der Waals surface area (Å²) in [6.07, 6.45) is 4.74. The van der Waals surface area contributed by atoms with Gasteiger partial charge in [-0.25, -0.2) is 9.78 Å². The Hall–Kier alpha value is -4.05. The zero-order valence-corrected chi connectivity index (χ0v) is 27.7. The molecule has 1 heterocycles. The van der Waals surface area contributed by atoms with Gasteiger partial charge in [-0.1, -0.05) is 27.7 Å². The number of hydrogen-bond acceptors (Lipinski definition) is 9. The van der Waals surface area contributed by atoms with Crippen LogP contribution in [-0.4, -0.2) is 93.4 Å². The lowest BCUT2D eigenvalue weighted by Crippen LogP contribution is -2.59. The van der Waals surface area contributed by atoms with Crippen molar-refractivity contribution in [1.29, 1.82) is 0 Å². The molecule has 0 aliphatic heterocycles. The quantitative estimate of drug-likeness (QED) is 0.0736. The number of rotatable bonds is 21. The Balaban J connectivity index is 3.06.